The zero-order valence-electron chi connectivity index (χ0n) is 21.9. The number of aliphatic hydroxyl groups is 1. The Bertz CT molecular complexity index is 883. The van der Waals surface area contributed by atoms with Crippen LogP contribution in [0.1, 0.15) is 85.5 Å². The van der Waals surface area contributed by atoms with Crippen molar-refractivity contribution in [3.63, 3.8) is 0 Å². The molecule has 0 amide bonds. The van der Waals surface area contributed by atoms with E-state index < -0.39 is 0 Å². The molecule has 4 aliphatic carbocycles. The number of ether oxygens (including phenoxy) is 1. The van der Waals surface area contributed by atoms with Gasteiger partial charge in [0.1, 0.15) is 0 Å². The molecule has 10 atom stereocenters. The van der Waals surface area contributed by atoms with Crippen LogP contribution in [0.25, 0.3) is 0 Å². The minimum Gasteiger partial charge on any atom is -0.393 e. The molecule has 34 heavy (non-hydrogen) atoms. The zero-order valence-corrected chi connectivity index (χ0v) is 22.6. The van der Waals surface area contributed by atoms with Crippen molar-refractivity contribution in [3.8, 4) is 0 Å². The van der Waals surface area contributed by atoms with Gasteiger partial charge in [-0.15, -0.1) is 11.6 Å². The Labute approximate surface area is 212 Å². The molecule has 0 aromatic rings. The number of nitrogens with zero attached hydrogens (tertiary/aromatic N) is 1. The SMILES string of the molecule is CC1=C2C[C@H]3[C@@H](CC=C4C[C@@H](O)CCC43C)[C@@H]2CC[C@@]2(C1)O[C@@H]1C[C@H](C)CN(CCCl)[C@H]1[C@H]2C. The van der Waals surface area contributed by atoms with E-state index in [1.54, 1.807) is 16.7 Å². The van der Waals surface area contributed by atoms with Crippen LogP contribution in [0.2, 0.25) is 0 Å². The lowest BCUT2D eigenvalue weighted by Gasteiger charge is -2.49. The lowest BCUT2D eigenvalue weighted by molar-refractivity contribution is -0.0789. The third kappa shape index (κ3) is 3.54. The molecule has 2 aliphatic heterocycles. The number of hydrogen-bond acceptors (Lipinski definition) is 3. The second kappa shape index (κ2) is 8.61. The summed E-state index contributed by atoms with van der Waals surface area (Å²) in [5.41, 5.74) is 5.34. The highest BCUT2D eigenvalue weighted by molar-refractivity contribution is 6.18. The summed E-state index contributed by atoms with van der Waals surface area (Å²) >= 11 is 6.24. The van der Waals surface area contributed by atoms with Crippen molar-refractivity contribution in [2.24, 2.45) is 35.0 Å². The van der Waals surface area contributed by atoms with Gasteiger partial charge in [-0.1, -0.05) is 43.6 Å². The Hall–Kier alpha value is -0.350. The Morgan fingerprint density at radius 2 is 2.03 bits per heavy atom. The van der Waals surface area contributed by atoms with Crippen molar-refractivity contribution in [2.45, 2.75) is 109 Å². The Kier molecular flexibility index (Phi) is 6.08. The number of rotatable bonds is 2. The first-order valence-electron chi connectivity index (χ1n) is 14.3. The van der Waals surface area contributed by atoms with Crippen LogP contribution < -0.4 is 0 Å². The van der Waals surface area contributed by atoms with E-state index in [-0.39, 0.29) is 11.7 Å². The van der Waals surface area contributed by atoms with Gasteiger partial charge in [-0.05, 0) is 93.8 Å². The first-order chi connectivity index (χ1) is 16.3. The van der Waals surface area contributed by atoms with Crippen LogP contribution in [0, 0.1) is 35.0 Å². The van der Waals surface area contributed by atoms with Gasteiger partial charge in [0.05, 0.1) is 17.8 Å². The van der Waals surface area contributed by atoms with Gasteiger partial charge in [0.15, 0.2) is 0 Å². The van der Waals surface area contributed by atoms with Gasteiger partial charge in [-0.25, -0.2) is 0 Å². The minimum absolute atomic E-state index is 0.00932. The number of aliphatic hydroxyl groups excluding tert-OH is 1. The summed E-state index contributed by atoms with van der Waals surface area (Å²) in [5.74, 6) is 4.27. The molecule has 6 rings (SSSR count). The van der Waals surface area contributed by atoms with Crippen LogP contribution in [0.3, 0.4) is 0 Å². The maximum Gasteiger partial charge on any atom is 0.0765 e. The van der Waals surface area contributed by atoms with Gasteiger partial charge in [-0.2, -0.15) is 0 Å². The lowest BCUT2D eigenvalue weighted by Crippen LogP contribution is -2.52. The molecule has 3 nitrogen and oxygen atoms in total. The average molecular weight is 488 g/mol. The molecule has 1 spiro atoms. The zero-order chi connectivity index (χ0) is 23.8. The number of alkyl halides is 1. The fourth-order valence-corrected chi connectivity index (χ4v) is 10.2. The fraction of sp³-hybridized carbons (Fsp3) is 0.867. The highest BCUT2D eigenvalue weighted by Gasteiger charge is 2.59. The molecule has 190 valence electrons. The molecule has 0 aromatic carbocycles. The highest BCUT2D eigenvalue weighted by atomic mass is 35.5. The predicted molar refractivity (Wildman–Crippen MR) is 139 cm³/mol. The van der Waals surface area contributed by atoms with E-state index in [0.717, 1.165) is 49.4 Å². The van der Waals surface area contributed by atoms with E-state index in [0.29, 0.717) is 29.4 Å². The second-order valence-corrected chi connectivity index (χ2v) is 13.8. The third-order valence-corrected chi connectivity index (χ3v) is 11.8. The first kappa shape index (κ1) is 24.0. The second-order valence-electron chi connectivity index (χ2n) is 13.4. The van der Waals surface area contributed by atoms with Crippen molar-refractivity contribution in [2.75, 3.05) is 19.0 Å². The van der Waals surface area contributed by atoms with Crippen LogP contribution in [0.5, 0.6) is 0 Å². The summed E-state index contributed by atoms with van der Waals surface area (Å²) in [6.45, 7) is 12.0. The van der Waals surface area contributed by atoms with Crippen LogP contribution in [0.15, 0.2) is 22.8 Å². The van der Waals surface area contributed by atoms with E-state index in [1.165, 1.54) is 45.1 Å². The van der Waals surface area contributed by atoms with E-state index in [1.807, 2.05) is 0 Å². The van der Waals surface area contributed by atoms with E-state index in [4.69, 9.17) is 16.3 Å². The fourth-order valence-electron chi connectivity index (χ4n) is 9.95. The molecule has 2 saturated heterocycles. The number of allylic oxidation sites excluding steroid dienone is 2. The molecule has 1 unspecified atom stereocenters. The van der Waals surface area contributed by atoms with Crippen LogP contribution in [0.4, 0.5) is 0 Å². The number of halogens is 1. The highest BCUT2D eigenvalue weighted by Crippen LogP contribution is 2.63. The van der Waals surface area contributed by atoms with Gasteiger partial charge >= 0.3 is 0 Å². The molecule has 4 heteroatoms. The minimum atomic E-state index is -0.116. The summed E-state index contributed by atoms with van der Waals surface area (Å²) in [5, 5.41) is 10.3. The van der Waals surface area contributed by atoms with Gasteiger partial charge in [0.25, 0.3) is 0 Å². The molecule has 6 aliphatic rings. The number of piperidine rings is 1. The predicted octanol–water partition coefficient (Wildman–Crippen LogP) is 6.34. The van der Waals surface area contributed by atoms with E-state index in [9.17, 15) is 5.11 Å². The maximum atomic E-state index is 10.3. The van der Waals surface area contributed by atoms with Crippen LogP contribution in [-0.4, -0.2) is 52.8 Å². The molecular formula is C30H46ClNO2. The summed E-state index contributed by atoms with van der Waals surface area (Å²) < 4.78 is 7.16. The molecule has 0 bridgehead atoms. The summed E-state index contributed by atoms with van der Waals surface area (Å²) in [6.07, 6.45) is 13.2. The molecule has 1 N–H and O–H groups in total. The summed E-state index contributed by atoms with van der Waals surface area (Å²) in [7, 11) is 0. The van der Waals surface area contributed by atoms with Gasteiger partial charge in [-0.3, -0.25) is 4.90 Å². The van der Waals surface area contributed by atoms with Crippen molar-refractivity contribution in [1.82, 2.24) is 4.90 Å². The maximum absolute atomic E-state index is 10.3. The van der Waals surface area contributed by atoms with Gasteiger partial charge in [0.2, 0.25) is 0 Å². The summed E-state index contributed by atoms with van der Waals surface area (Å²) in [6, 6.07) is 0.534. The number of fused-ring (bicyclic) bond motifs is 6. The van der Waals surface area contributed by atoms with Crippen molar-refractivity contribution in [3.05, 3.63) is 22.8 Å². The van der Waals surface area contributed by atoms with Crippen molar-refractivity contribution in [1.29, 1.82) is 0 Å². The Balaban J connectivity index is 1.27. The van der Waals surface area contributed by atoms with Crippen molar-refractivity contribution >= 4 is 11.6 Å². The quantitative estimate of drug-likeness (QED) is 0.364. The molecule has 4 fully saturated rings. The molecule has 0 radical (unpaired) electrons. The van der Waals surface area contributed by atoms with Gasteiger partial charge < -0.3 is 9.84 Å². The molecule has 0 aromatic heterocycles. The Morgan fingerprint density at radius 3 is 2.82 bits per heavy atom. The normalized spacial score (nSPS) is 50.9. The average Bonchev–Trinajstić information content (AvgIpc) is 3.25. The number of likely N-dealkylation sites (tertiary alicyclic amines) is 1. The standard InChI is InChI=1S/C30H46ClNO2/c1-18-13-27-28(32(17-18)12-11-31)20(3)30(34-27)10-8-23-24-6-5-21-14-22(33)7-9-29(21,4)26(24)15-25(23)19(2)16-30/h5,18,20,22-24,26-28,33H,6-17H2,1-4H3/t18-,20+,22-,23-,24-,26-,27+,28-,29?,30-/m0/s1. The monoisotopic (exact) mass is 487 g/mol. The number of hydrogen-bond donors (Lipinski definition) is 1. The van der Waals surface area contributed by atoms with Gasteiger partial charge in [0, 0.05) is 30.9 Å². The topological polar surface area (TPSA) is 32.7 Å². The molecular weight excluding hydrogens is 442 g/mol. The first-order valence-corrected chi connectivity index (χ1v) is 14.8. The molecule has 2 saturated carbocycles. The van der Waals surface area contributed by atoms with E-state index >= 15 is 0 Å². The molecule has 2 heterocycles. The van der Waals surface area contributed by atoms with Crippen LogP contribution >= 0.6 is 11.6 Å². The smallest absolute Gasteiger partial charge is 0.0765 e. The van der Waals surface area contributed by atoms with Crippen molar-refractivity contribution < 1.29 is 9.84 Å². The lowest BCUT2D eigenvalue weighted by atomic mass is 9.56. The van der Waals surface area contributed by atoms with E-state index in [2.05, 4.69) is 38.7 Å². The van der Waals surface area contributed by atoms with Crippen LogP contribution in [-0.2, 0) is 4.74 Å². The third-order valence-electron chi connectivity index (χ3n) is 11.6. The largest absolute Gasteiger partial charge is 0.393 e. The summed E-state index contributed by atoms with van der Waals surface area (Å²) in [4.78, 5) is 2.67. The Morgan fingerprint density at radius 1 is 1.21 bits per heavy atom.